The molecular formula is C15H26ClN3O2. The summed E-state index contributed by atoms with van der Waals surface area (Å²) in [5.74, 6) is -0.0652. The van der Waals surface area contributed by atoms with Gasteiger partial charge in [0.15, 0.2) is 0 Å². The maximum atomic E-state index is 12.5. The van der Waals surface area contributed by atoms with Crippen LogP contribution in [0, 0.1) is 0 Å². The van der Waals surface area contributed by atoms with Gasteiger partial charge >= 0.3 is 5.91 Å². The lowest BCUT2D eigenvalue weighted by Gasteiger charge is -2.37. The fourth-order valence-electron chi connectivity index (χ4n) is 2.54. The zero-order valence-corrected chi connectivity index (χ0v) is 14.0. The number of quaternary nitrogens is 1. The molecule has 1 fully saturated rings. The zero-order chi connectivity index (χ0) is 15.3. The highest BCUT2D eigenvalue weighted by Crippen LogP contribution is 2.15. The first-order valence-corrected chi connectivity index (χ1v) is 7.08. The lowest BCUT2D eigenvalue weighted by molar-refractivity contribution is -0.982. The van der Waals surface area contributed by atoms with Gasteiger partial charge in [0.05, 0.1) is 26.8 Å². The van der Waals surface area contributed by atoms with E-state index in [1.165, 1.54) is 6.20 Å². The monoisotopic (exact) mass is 315 g/mol. The first-order chi connectivity index (χ1) is 9.33. The van der Waals surface area contributed by atoms with Crippen molar-refractivity contribution in [1.29, 1.82) is 0 Å². The molecule has 0 spiro atoms. The molecule has 21 heavy (non-hydrogen) atoms. The number of rotatable bonds is 7. The van der Waals surface area contributed by atoms with Gasteiger partial charge in [-0.15, -0.1) is 0 Å². The first-order valence-electron chi connectivity index (χ1n) is 7.08. The van der Waals surface area contributed by atoms with Crippen molar-refractivity contribution in [3.63, 3.8) is 0 Å². The Bertz CT molecular complexity index is 421. The van der Waals surface area contributed by atoms with Gasteiger partial charge < -0.3 is 17.3 Å². The Morgan fingerprint density at radius 1 is 1.48 bits per heavy atom. The molecule has 1 aliphatic rings. The van der Waals surface area contributed by atoms with Crippen LogP contribution in [0.4, 0.5) is 0 Å². The Labute approximate surface area is 133 Å². The third-order valence-electron chi connectivity index (χ3n) is 3.59. The van der Waals surface area contributed by atoms with Crippen molar-refractivity contribution in [2.75, 3.05) is 33.7 Å². The maximum Gasteiger partial charge on any atom is 0.300 e. The Morgan fingerprint density at radius 3 is 2.52 bits per heavy atom. The number of carbonyl (C=O) groups excluding carboxylic acids is 2. The van der Waals surface area contributed by atoms with E-state index in [-0.39, 0.29) is 24.2 Å². The Kier molecular flexibility index (Phi) is 7.68. The van der Waals surface area contributed by atoms with Crippen molar-refractivity contribution < 1.29 is 26.6 Å². The fraction of sp³-hybridized carbons (Fsp3) is 0.600. The molecule has 0 aliphatic carbocycles. The summed E-state index contributed by atoms with van der Waals surface area (Å²) in [6, 6.07) is 0. The van der Waals surface area contributed by atoms with Crippen LogP contribution >= 0.6 is 0 Å². The third-order valence-corrected chi connectivity index (χ3v) is 3.59. The highest BCUT2D eigenvalue weighted by Gasteiger charge is 2.31. The van der Waals surface area contributed by atoms with E-state index in [1.807, 2.05) is 14.1 Å². The van der Waals surface area contributed by atoms with Crippen LogP contribution in [0.1, 0.15) is 26.2 Å². The quantitative estimate of drug-likeness (QED) is 0.327. The standard InChI is InChI=1S/C15H26N3O2.ClH/c1-6-11-18(4,5)17(7-2)15(20)13(3)12-16-10-8-9-14(16)19;/h7H,2-3,6,8-12H2,1,4-5H3;1H/q+1;/p-1. The van der Waals surface area contributed by atoms with Gasteiger partial charge in [0.2, 0.25) is 5.91 Å². The maximum absolute atomic E-state index is 12.5. The number of likely N-dealkylation sites (tertiary alicyclic amines) is 1. The van der Waals surface area contributed by atoms with Crippen LogP contribution in [0.25, 0.3) is 0 Å². The predicted molar refractivity (Wildman–Crippen MR) is 79.3 cm³/mol. The van der Waals surface area contributed by atoms with Crippen LogP contribution < -0.4 is 12.4 Å². The number of hydrogen-bond acceptors (Lipinski definition) is 2. The van der Waals surface area contributed by atoms with Gasteiger partial charge in [0.1, 0.15) is 6.54 Å². The van der Waals surface area contributed by atoms with E-state index in [0.717, 1.165) is 19.4 Å². The molecule has 0 aromatic heterocycles. The van der Waals surface area contributed by atoms with Crippen molar-refractivity contribution in [2.45, 2.75) is 26.2 Å². The molecule has 0 radical (unpaired) electrons. The molecule has 5 nitrogen and oxygen atoms in total. The summed E-state index contributed by atoms with van der Waals surface area (Å²) in [6.07, 6.45) is 3.93. The number of amides is 2. The molecule has 0 aromatic carbocycles. The minimum atomic E-state index is -0.168. The fourth-order valence-corrected chi connectivity index (χ4v) is 2.54. The topological polar surface area (TPSA) is 40.6 Å². The van der Waals surface area contributed by atoms with Gasteiger partial charge in [-0.05, 0) is 12.8 Å². The minimum absolute atomic E-state index is 0. The normalized spacial score (nSPS) is 14.6. The van der Waals surface area contributed by atoms with Crippen LogP contribution in [0.15, 0.2) is 24.9 Å². The third kappa shape index (κ3) is 4.86. The van der Waals surface area contributed by atoms with Gasteiger partial charge in [-0.1, -0.05) is 20.1 Å². The molecule has 1 heterocycles. The molecule has 1 rings (SSSR count). The highest BCUT2D eigenvalue weighted by molar-refractivity contribution is 5.94. The summed E-state index contributed by atoms with van der Waals surface area (Å²) in [5.41, 5.74) is 0.433. The molecule has 120 valence electrons. The molecule has 6 heteroatoms. The number of halogens is 1. The van der Waals surface area contributed by atoms with E-state index in [0.29, 0.717) is 29.7 Å². The molecule has 1 saturated heterocycles. The molecular weight excluding hydrogens is 290 g/mol. The van der Waals surface area contributed by atoms with E-state index < -0.39 is 0 Å². The summed E-state index contributed by atoms with van der Waals surface area (Å²) < 4.78 is 0.409. The second-order valence-corrected chi connectivity index (χ2v) is 5.70. The molecule has 0 unspecified atom stereocenters. The summed E-state index contributed by atoms with van der Waals surface area (Å²) in [6.45, 7) is 11.5. The van der Waals surface area contributed by atoms with Crippen LogP contribution in [0.3, 0.4) is 0 Å². The van der Waals surface area contributed by atoms with E-state index >= 15 is 0 Å². The average molecular weight is 316 g/mol. The molecule has 0 atom stereocenters. The van der Waals surface area contributed by atoms with E-state index in [9.17, 15) is 9.59 Å². The van der Waals surface area contributed by atoms with Gasteiger partial charge in [-0.2, -0.15) is 5.01 Å². The van der Waals surface area contributed by atoms with Crippen molar-refractivity contribution in [3.05, 3.63) is 24.9 Å². The predicted octanol–water partition coefficient (Wildman–Crippen LogP) is -1.46. The van der Waals surface area contributed by atoms with Gasteiger partial charge in [-0.25, -0.2) is 4.59 Å². The second kappa shape index (κ2) is 8.20. The summed E-state index contributed by atoms with van der Waals surface area (Å²) in [4.78, 5) is 25.8. The largest absolute Gasteiger partial charge is 1.00 e. The van der Waals surface area contributed by atoms with E-state index in [1.54, 1.807) is 9.91 Å². The van der Waals surface area contributed by atoms with E-state index in [2.05, 4.69) is 20.1 Å². The van der Waals surface area contributed by atoms with Crippen molar-refractivity contribution in [1.82, 2.24) is 9.91 Å². The molecule has 2 amide bonds. The van der Waals surface area contributed by atoms with Crippen LogP contribution in [0.5, 0.6) is 0 Å². The molecule has 0 N–H and O–H groups in total. The van der Waals surface area contributed by atoms with Crippen molar-refractivity contribution >= 4 is 11.8 Å². The van der Waals surface area contributed by atoms with Crippen LogP contribution in [-0.4, -0.2) is 60.0 Å². The lowest BCUT2D eigenvalue weighted by Crippen LogP contribution is -3.00. The Hall–Kier alpha value is -1.33. The summed E-state index contributed by atoms with van der Waals surface area (Å²) >= 11 is 0. The van der Waals surface area contributed by atoms with Gasteiger partial charge in [0, 0.05) is 18.5 Å². The van der Waals surface area contributed by atoms with Gasteiger partial charge in [-0.3, -0.25) is 9.59 Å². The zero-order valence-electron chi connectivity index (χ0n) is 13.3. The van der Waals surface area contributed by atoms with Crippen LogP contribution in [0.2, 0.25) is 0 Å². The van der Waals surface area contributed by atoms with Crippen LogP contribution in [-0.2, 0) is 9.59 Å². The lowest BCUT2D eigenvalue weighted by atomic mass is 10.2. The Balaban J connectivity index is 0.00000400. The SMILES string of the molecule is C=CN(C(=O)C(=C)CN1CCCC1=O)[N+](C)(C)CCC.[Cl-]. The number of hydrogen-bond donors (Lipinski definition) is 0. The van der Waals surface area contributed by atoms with Crippen molar-refractivity contribution in [3.8, 4) is 0 Å². The molecule has 0 saturated carbocycles. The molecule has 0 aromatic rings. The Morgan fingerprint density at radius 2 is 2.10 bits per heavy atom. The highest BCUT2D eigenvalue weighted by atomic mass is 35.5. The first kappa shape index (κ1) is 19.7. The molecule has 0 bridgehead atoms. The summed E-state index contributed by atoms with van der Waals surface area (Å²) in [7, 11) is 3.91. The van der Waals surface area contributed by atoms with Crippen molar-refractivity contribution in [2.24, 2.45) is 0 Å². The smallest absolute Gasteiger partial charge is 0.300 e. The average Bonchev–Trinajstić information content (AvgIpc) is 2.75. The number of nitrogens with zero attached hydrogens (tertiary/aromatic N) is 3. The minimum Gasteiger partial charge on any atom is -1.00 e. The van der Waals surface area contributed by atoms with E-state index in [4.69, 9.17) is 0 Å². The number of carbonyl (C=O) groups is 2. The molecule has 1 aliphatic heterocycles. The summed E-state index contributed by atoms with van der Waals surface area (Å²) in [5, 5.41) is 1.58. The second-order valence-electron chi connectivity index (χ2n) is 5.70. The van der Waals surface area contributed by atoms with Gasteiger partial charge in [0.25, 0.3) is 0 Å².